The third kappa shape index (κ3) is 9.13. The molecule has 0 heterocycles. The lowest BCUT2D eigenvalue weighted by molar-refractivity contribution is -0.159. The maximum absolute atomic E-state index is 11.9. The molecule has 1 atom stereocenters. The Morgan fingerprint density at radius 1 is 1.30 bits per heavy atom. The molecule has 1 unspecified atom stereocenters. The molecule has 0 fully saturated rings. The summed E-state index contributed by atoms with van der Waals surface area (Å²) < 4.78 is 5.17. The van der Waals surface area contributed by atoms with Crippen molar-refractivity contribution >= 4 is 17.8 Å². The molecule has 6 nitrogen and oxygen atoms in total. The fraction of sp³-hybridized carbons (Fsp3) is 0.643. The molecule has 1 amide bonds. The molecule has 6 heteroatoms. The summed E-state index contributed by atoms with van der Waals surface area (Å²) in [4.78, 5) is 34.1. The SMILES string of the molecule is C=CCCC(=O)NC(CCC(=O)O)C(=O)OC(C)(C)C. The van der Waals surface area contributed by atoms with Gasteiger partial charge in [-0.1, -0.05) is 6.08 Å². The van der Waals surface area contributed by atoms with Crippen LogP contribution in [0.15, 0.2) is 12.7 Å². The largest absolute Gasteiger partial charge is 0.481 e. The number of aliphatic carboxylic acids is 1. The number of rotatable bonds is 8. The van der Waals surface area contributed by atoms with Gasteiger partial charge < -0.3 is 15.2 Å². The Morgan fingerprint density at radius 2 is 1.90 bits per heavy atom. The summed E-state index contributed by atoms with van der Waals surface area (Å²) in [5.41, 5.74) is -0.690. The van der Waals surface area contributed by atoms with Crippen LogP contribution in [0, 0.1) is 0 Å². The van der Waals surface area contributed by atoms with Gasteiger partial charge in [0.05, 0.1) is 0 Å². The van der Waals surface area contributed by atoms with Crippen LogP contribution < -0.4 is 5.32 Å². The van der Waals surface area contributed by atoms with Gasteiger partial charge >= 0.3 is 11.9 Å². The first-order valence-corrected chi connectivity index (χ1v) is 6.50. The van der Waals surface area contributed by atoms with Crippen LogP contribution in [-0.4, -0.2) is 34.6 Å². The van der Waals surface area contributed by atoms with Crippen molar-refractivity contribution in [2.24, 2.45) is 0 Å². The van der Waals surface area contributed by atoms with Crippen molar-refractivity contribution < 1.29 is 24.2 Å². The number of carboxylic acids is 1. The van der Waals surface area contributed by atoms with Crippen molar-refractivity contribution in [3.63, 3.8) is 0 Å². The van der Waals surface area contributed by atoms with Crippen molar-refractivity contribution in [1.82, 2.24) is 5.32 Å². The van der Waals surface area contributed by atoms with Gasteiger partial charge in [0, 0.05) is 12.8 Å². The molecule has 0 aliphatic heterocycles. The number of hydrogen-bond acceptors (Lipinski definition) is 4. The highest BCUT2D eigenvalue weighted by Crippen LogP contribution is 2.11. The molecule has 114 valence electrons. The van der Waals surface area contributed by atoms with Gasteiger partial charge in [-0.3, -0.25) is 9.59 Å². The summed E-state index contributed by atoms with van der Waals surface area (Å²) in [6.07, 6.45) is 2.08. The summed E-state index contributed by atoms with van der Waals surface area (Å²) in [5.74, 6) is -1.98. The van der Waals surface area contributed by atoms with Crippen molar-refractivity contribution in [1.29, 1.82) is 0 Å². The molecule has 0 aromatic heterocycles. The molecule has 20 heavy (non-hydrogen) atoms. The van der Waals surface area contributed by atoms with Gasteiger partial charge in [0.2, 0.25) is 5.91 Å². The maximum atomic E-state index is 11.9. The number of nitrogens with one attached hydrogen (secondary N) is 1. The number of hydrogen-bond donors (Lipinski definition) is 2. The van der Waals surface area contributed by atoms with E-state index in [1.54, 1.807) is 26.8 Å². The van der Waals surface area contributed by atoms with Crippen molar-refractivity contribution in [3.8, 4) is 0 Å². The summed E-state index contributed by atoms with van der Waals surface area (Å²) in [6, 6.07) is -0.942. The Kier molecular flexibility index (Phi) is 7.57. The van der Waals surface area contributed by atoms with Gasteiger partial charge in [0.1, 0.15) is 11.6 Å². The molecule has 0 saturated carbocycles. The second kappa shape index (κ2) is 8.35. The zero-order chi connectivity index (χ0) is 15.8. The Morgan fingerprint density at radius 3 is 2.35 bits per heavy atom. The fourth-order valence-electron chi connectivity index (χ4n) is 1.39. The minimum Gasteiger partial charge on any atom is -0.481 e. The molecule has 2 N–H and O–H groups in total. The predicted molar refractivity (Wildman–Crippen MR) is 74.1 cm³/mol. The van der Waals surface area contributed by atoms with Crippen LogP contribution in [-0.2, 0) is 19.1 Å². The van der Waals surface area contributed by atoms with Crippen LogP contribution >= 0.6 is 0 Å². The van der Waals surface area contributed by atoms with E-state index in [1.807, 2.05) is 0 Å². The van der Waals surface area contributed by atoms with E-state index in [4.69, 9.17) is 9.84 Å². The van der Waals surface area contributed by atoms with Crippen LogP contribution in [0.3, 0.4) is 0 Å². The Labute approximate surface area is 119 Å². The van der Waals surface area contributed by atoms with Crippen molar-refractivity contribution in [2.45, 2.75) is 58.1 Å². The van der Waals surface area contributed by atoms with Gasteiger partial charge in [0.25, 0.3) is 0 Å². The summed E-state index contributed by atoms with van der Waals surface area (Å²) >= 11 is 0. The molecule has 0 aromatic rings. The summed E-state index contributed by atoms with van der Waals surface area (Å²) in [5, 5.41) is 11.2. The average Bonchev–Trinajstić information content (AvgIpc) is 2.29. The minimum atomic E-state index is -1.03. The molecule has 0 bridgehead atoms. The van der Waals surface area contributed by atoms with E-state index in [2.05, 4.69) is 11.9 Å². The van der Waals surface area contributed by atoms with Crippen LogP contribution in [0.1, 0.15) is 46.5 Å². The second-order valence-corrected chi connectivity index (χ2v) is 5.41. The first kappa shape index (κ1) is 18.1. The molecular weight excluding hydrogens is 262 g/mol. The Hall–Kier alpha value is -1.85. The van der Waals surface area contributed by atoms with Gasteiger partial charge in [-0.15, -0.1) is 6.58 Å². The van der Waals surface area contributed by atoms with Gasteiger partial charge in [-0.25, -0.2) is 4.79 Å². The quantitative estimate of drug-likeness (QED) is 0.522. The van der Waals surface area contributed by atoms with E-state index in [-0.39, 0.29) is 25.2 Å². The number of allylic oxidation sites excluding steroid dienone is 1. The highest BCUT2D eigenvalue weighted by atomic mass is 16.6. The van der Waals surface area contributed by atoms with E-state index in [0.717, 1.165) is 0 Å². The van der Waals surface area contributed by atoms with E-state index < -0.39 is 23.6 Å². The highest BCUT2D eigenvalue weighted by molar-refractivity contribution is 5.85. The van der Waals surface area contributed by atoms with E-state index >= 15 is 0 Å². The number of carboxylic acid groups (broad SMARTS) is 1. The third-order valence-electron chi connectivity index (χ3n) is 2.25. The summed E-state index contributed by atoms with van der Waals surface area (Å²) in [7, 11) is 0. The van der Waals surface area contributed by atoms with Gasteiger partial charge in [0.15, 0.2) is 0 Å². The lowest BCUT2D eigenvalue weighted by Crippen LogP contribution is -2.44. The first-order chi connectivity index (χ1) is 9.15. The molecule has 0 aliphatic carbocycles. The third-order valence-corrected chi connectivity index (χ3v) is 2.25. The minimum absolute atomic E-state index is 0.00404. The van der Waals surface area contributed by atoms with Crippen LogP contribution in [0.2, 0.25) is 0 Å². The monoisotopic (exact) mass is 285 g/mol. The standard InChI is InChI=1S/C14H23NO5/c1-5-6-7-11(16)15-10(8-9-12(17)18)13(19)20-14(2,3)4/h5,10H,1,6-9H2,2-4H3,(H,15,16)(H,17,18). The number of esters is 1. The molecule has 0 aromatic carbocycles. The predicted octanol–water partition coefficient (Wildman–Crippen LogP) is 1.64. The van der Waals surface area contributed by atoms with Crippen molar-refractivity contribution in [3.05, 3.63) is 12.7 Å². The molecule has 0 spiro atoms. The topological polar surface area (TPSA) is 92.7 Å². The zero-order valence-electron chi connectivity index (χ0n) is 12.3. The summed E-state index contributed by atoms with van der Waals surface area (Å²) in [6.45, 7) is 8.63. The zero-order valence-corrected chi connectivity index (χ0v) is 12.3. The fourth-order valence-corrected chi connectivity index (χ4v) is 1.39. The second-order valence-electron chi connectivity index (χ2n) is 5.41. The number of amides is 1. The van der Waals surface area contributed by atoms with Crippen molar-refractivity contribution in [2.75, 3.05) is 0 Å². The number of carbonyl (C=O) groups excluding carboxylic acids is 2. The number of ether oxygens (including phenoxy) is 1. The Balaban J connectivity index is 4.62. The molecule has 0 aliphatic rings. The smallest absolute Gasteiger partial charge is 0.329 e. The lowest BCUT2D eigenvalue weighted by atomic mass is 10.1. The number of carbonyl (C=O) groups is 3. The first-order valence-electron chi connectivity index (χ1n) is 6.50. The van der Waals surface area contributed by atoms with Crippen LogP contribution in [0.5, 0.6) is 0 Å². The van der Waals surface area contributed by atoms with Crippen LogP contribution in [0.25, 0.3) is 0 Å². The molecule has 0 rings (SSSR count). The van der Waals surface area contributed by atoms with E-state index in [0.29, 0.717) is 6.42 Å². The van der Waals surface area contributed by atoms with Gasteiger partial charge in [-0.05, 0) is 33.6 Å². The lowest BCUT2D eigenvalue weighted by Gasteiger charge is -2.24. The molecule has 0 radical (unpaired) electrons. The van der Waals surface area contributed by atoms with E-state index in [9.17, 15) is 14.4 Å². The average molecular weight is 285 g/mol. The normalized spacial score (nSPS) is 12.3. The molecule has 0 saturated heterocycles. The van der Waals surface area contributed by atoms with E-state index in [1.165, 1.54) is 0 Å². The highest BCUT2D eigenvalue weighted by Gasteiger charge is 2.26. The van der Waals surface area contributed by atoms with Crippen LogP contribution in [0.4, 0.5) is 0 Å². The molecular formula is C14H23NO5. The van der Waals surface area contributed by atoms with Gasteiger partial charge in [-0.2, -0.15) is 0 Å². The maximum Gasteiger partial charge on any atom is 0.329 e. The Bertz CT molecular complexity index is 370.